The van der Waals surface area contributed by atoms with Gasteiger partial charge in [-0.1, -0.05) is 0 Å². The summed E-state index contributed by atoms with van der Waals surface area (Å²) in [6.07, 6.45) is 0.341. The maximum atomic E-state index is 5.72. The van der Waals surface area contributed by atoms with Gasteiger partial charge < -0.3 is 15.0 Å². The lowest BCUT2D eigenvalue weighted by Gasteiger charge is -2.30. The van der Waals surface area contributed by atoms with E-state index in [0.29, 0.717) is 6.10 Å². The van der Waals surface area contributed by atoms with Crippen molar-refractivity contribution < 1.29 is 4.74 Å². The summed E-state index contributed by atoms with van der Waals surface area (Å²) in [5.74, 6) is 0. The summed E-state index contributed by atoms with van der Waals surface area (Å²) in [6.45, 7) is 9.21. The van der Waals surface area contributed by atoms with Gasteiger partial charge in [0.2, 0.25) is 0 Å². The first kappa shape index (κ1) is 13.0. The van der Waals surface area contributed by atoms with Crippen LogP contribution in [0.15, 0.2) is 6.07 Å². The molecule has 0 aliphatic carbocycles. The van der Waals surface area contributed by atoms with Crippen LogP contribution in [0, 0.1) is 13.8 Å². The second-order valence-electron chi connectivity index (χ2n) is 4.82. The molecule has 0 saturated carbocycles. The third kappa shape index (κ3) is 3.78. The molecule has 1 aromatic heterocycles. The van der Waals surface area contributed by atoms with Crippen LogP contribution in [0.4, 0.5) is 0 Å². The Morgan fingerprint density at radius 3 is 3.00 bits per heavy atom. The van der Waals surface area contributed by atoms with Crippen molar-refractivity contribution in [2.75, 3.05) is 33.3 Å². The number of nitrogens with zero attached hydrogens (tertiary/aromatic N) is 1. The number of thiophene rings is 1. The van der Waals surface area contributed by atoms with Gasteiger partial charge in [0, 0.05) is 35.9 Å². The molecule has 2 heterocycles. The highest BCUT2D eigenvalue weighted by atomic mass is 32.1. The third-order valence-electron chi connectivity index (χ3n) is 3.17. The van der Waals surface area contributed by atoms with Gasteiger partial charge in [0.25, 0.3) is 0 Å². The molecule has 0 amide bonds. The molecule has 0 bridgehead atoms. The highest BCUT2D eigenvalue weighted by Crippen LogP contribution is 2.20. The molecule has 4 heteroatoms. The Morgan fingerprint density at radius 1 is 1.53 bits per heavy atom. The van der Waals surface area contributed by atoms with Crippen molar-refractivity contribution in [3.8, 4) is 0 Å². The molecular weight excluding hydrogens is 232 g/mol. The lowest BCUT2D eigenvalue weighted by Crippen LogP contribution is -2.44. The monoisotopic (exact) mass is 254 g/mol. The Morgan fingerprint density at radius 2 is 2.35 bits per heavy atom. The number of morpholine rings is 1. The van der Waals surface area contributed by atoms with Gasteiger partial charge in [-0.25, -0.2) is 0 Å². The minimum absolute atomic E-state index is 0.341. The number of hydrogen-bond donors (Lipinski definition) is 1. The van der Waals surface area contributed by atoms with Crippen LogP contribution in [0.1, 0.15) is 15.3 Å². The minimum Gasteiger partial charge on any atom is -0.374 e. The van der Waals surface area contributed by atoms with Crippen LogP contribution >= 0.6 is 11.3 Å². The third-order valence-corrected chi connectivity index (χ3v) is 4.18. The lowest BCUT2D eigenvalue weighted by molar-refractivity contribution is -0.0182. The van der Waals surface area contributed by atoms with Gasteiger partial charge in [-0.2, -0.15) is 0 Å². The van der Waals surface area contributed by atoms with E-state index in [2.05, 4.69) is 37.2 Å². The molecule has 1 aromatic rings. The van der Waals surface area contributed by atoms with Crippen molar-refractivity contribution in [2.24, 2.45) is 0 Å². The van der Waals surface area contributed by atoms with Gasteiger partial charge in [0.15, 0.2) is 0 Å². The summed E-state index contributed by atoms with van der Waals surface area (Å²) in [7, 11) is 2.15. The van der Waals surface area contributed by atoms with Crippen LogP contribution in [0.3, 0.4) is 0 Å². The Hall–Kier alpha value is -0.420. The van der Waals surface area contributed by atoms with Crippen molar-refractivity contribution >= 4 is 11.3 Å². The molecule has 1 N–H and O–H groups in total. The average molecular weight is 254 g/mol. The van der Waals surface area contributed by atoms with Gasteiger partial charge in [-0.05, 0) is 32.5 Å². The molecule has 1 atom stereocenters. The van der Waals surface area contributed by atoms with E-state index in [1.54, 1.807) is 0 Å². The summed E-state index contributed by atoms with van der Waals surface area (Å²) < 4.78 is 5.72. The number of ether oxygens (including phenoxy) is 1. The van der Waals surface area contributed by atoms with E-state index in [9.17, 15) is 0 Å². The van der Waals surface area contributed by atoms with E-state index in [4.69, 9.17) is 4.74 Å². The van der Waals surface area contributed by atoms with Crippen LogP contribution in [0.5, 0.6) is 0 Å². The second-order valence-corrected chi connectivity index (χ2v) is 6.28. The topological polar surface area (TPSA) is 24.5 Å². The smallest absolute Gasteiger partial charge is 0.0826 e. The van der Waals surface area contributed by atoms with Gasteiger partial charge in [-0.3, -0.25) is 0 Å². The fourth-order valence-electron chi connectivity index (χ4n) is 2.22. The first-order chi connectivity index (χ1) is 8.15. The predicted octanol–water partition coefficient (Wildman–Crippen LogP) is 1.79. The number of aryl methyl sites for hydroxylation is 2. The summed E-state index contributed by atoms with van der Waals surface area (Å²) >= 11 is 1.88. The Balaban J connectivity index is 1.74. The highest BCUT2D eigenvalue weighted by molar-refractivity contribution is 7.12. The summed E-state index contributed by atoms with van der Waals surface area (Å²) in [5.41, 5.74) is 1.43. The van der Waals surface area contributed by atoms with Crippen LogP contribution in [0.25, 0.3) is 0 Å². The Bertz CT molecular complexity index is 364. The number of rotatable bonds is 4. The lowest BCUT2D eigenvalue weighted by atomic mass is 10.2. The van der Waals surface area contributed by atoms with Gasteiger partial charge >= 0.3 is 0 Å². The van der Waals surface area contributed by atoms with Crippen molar-refractivity contribution in [3.05, 3.63) is 21.4 Å². The standard InChI is InChI=1S/C13H22N2OS/c1-10-6-12(11(2)17-10)7-14-8-13-9-15(3)4-5-16-13/h6,13-14H,4-5,7-9H2,1-3H3. The van der Waals surface area contributed by atoms with Gasteiger partial charge in [-0.15, -0.1) is 11.3 Å². The number of hydrogen-bond acceptors (Lipinski definition) is 4. The van der Waals surface area contributed by atoms with Crippen LogP contribution in [-0.4, -0.2) is 44.3 Å². The van der Waals surface area contributed by atoms with Gasteiger partial charge in [0.1, 0.15) is 0 Å². The van der Waals surface area contributed by atoms with E-state index in [1.165, 1.54) is 15.3 Å². The fourth-order valence-corrected chi connectivity index (χ4v) is 3.16. The number of nitrogens with one attached hydrogen (secondary N) is 1. The van der Waals surface area contributed by atoms with E-state index in [1.807, 2.05) is 11.3 Å². The molecule has 96 valence electrons. The molecule has 1 saturated heterocycles. The first-order valence-corrected chi connectivity index (χ1v) is 7.03. The summed E-state index contributed by atoms with van der Waals surface area (Å²) in [5, 5.41) is 3.50. The Kier molecular flexibility index (Phi) is 4.56. The molecule has 2 rings (SSSR count). The first-order valence-electron chi connectivity index (χ1n) is 6.22. The molecule has 17 heavy (non-hydrogen) atoms. The van der Waals surface area contributed by atoms with Gasteiger partial charge in [0.05, 0.1) is 12.7 Å². The average Bonchev–Trinajstić information content (AvgIpc) is 2.58. The molecule has 0 spiro atoms. The van der Waals surface area contributed by atoms with Crippen molar-refractivity contribution in [2.45, 2.75) is 26.5 Å². The molecule has 1 aliphatic heterocycles. The summed E-state index contributed by atoms with van der Waals surface area (Å²) in [6, 6.07) is 2.28. The molecule has 1 unspecified atom stereocenters. The number of likely N-dealkylation sites (N-methyl/N-ethyl adjacent to an activating group) is 1. The van der Waals surface area contributed by atoms with E-state index >= 15 is 0 Å². The predicted molar refractivity (Wildman–Crippen MR) is 72.7 cm³/mol. The van der Waals surface area contributed by atoms with E-state index < -0.39 is 0 Å². The van der Waals surface area contributed by atoms with Crippen LogP contribution in [0.2, 0.25) is 0 Å². The largest absolute Gasteiger partial charge is 0.374 e. The maximum Gasteiger partial charge on any atom is 0.0826 e. The normalized spacial score (nSPS) is 21.9. The quantitative estimate of drug-likeness (QED) is 0.886. The molecule has 1 aliphatic rings. The van der Waals surface area contributed by atoms with Crippen LogP contribution in [-0.2, 0) is 11.3 Å². The maximum absolute atomic E-state index is 5.72. The zero-order valence-electron chi connectivity index (χ0n) is 11.0. The zero-order chi connectivity index (χ0) is 12.3. The minimum atomic E-state index is 0.341. The van der Waals surface area contributed by atoms with Crippen molar-refractivity contribution in [1.29, 1.82) is 0 Å². The van der Waals surface area contributed by atoms with E-state index in [0.717, 1.165) is 32.8 Å². The molecular formula is C13H22N2OS. The zero-order valence-corrected chi connectivity index (χ0v) is 11.8. The second kappa shape index (κ2) is 5.96. The highest BCUT2D eigenvalue weighted by Gasteiger charge is 2.17. The SMILES string of the molecule is Cc1cc(CNCC2CN(C)CCO2)c(C)s1. The molecule has 3 nitrogen and oxygen atoms in total. The Labute approximate surface area is 108 Å². The fraction of sp³-hybridized carbons (Fsp3) is 0.692. The van der Waals surface area contributed by atoms with Crippen molar-refractivity contribution in [1.82, 2.24) is 10.2 Å². The molecule has 0 aromatic carbocycles. The summed E-state index contributed by atoms with van der Waals surface area (Å²) in [4.78, 5) is 5.15. The molecule has 0 radical (unpaired) electrons. The molecule has 1 fully saturated rings. The van der Waals surface area contributed by atoms with Crippen molar-refractivity contribution in [3.63, 3.8) is 0 Å². The van der Waals surface area contributed by atoms with Crippen LogP contribution < -0.4 is 5.32 Å². The van der Waals surface area contributed by atoms with E-state index in [-0.39, 0.29) is 0 Å².